The van der Waals surface area contributed by atoms with E-state index in [0.717, 1.165) is 66.0 Å². The zero-order valence-corrected chi connectivity index (χ0v) is 24.6. The first-order valence-electron chi connectivity index (χ1n) is 11.8. The summed E-state index contributed by atoms with van der Waals surface area (Å²) in [4.78, 5) is 19.6. The van der Waals surface area contributed by atoms with Gasteiger partial charge in [0.05, 0.1) is 9.13 Å². The SMILES string of the molecule is O=C(Nc1ccccc1)c1c(N=Cc2cc(I)cc(I)c2OCc2ccccc2)sc2c1CCCC2. The predicted molar refractivity (Wildman–Crippen MR) is 165 cm³/mol. The van der Waals surface area contributed by atoms with E-state index in [1.165, 1.54) is 4.88 Å². The molecule has 0 atom stereocenters. The molecule has 0 unspecified atom stereocenters. The van der Waals surface area contributed by atoms with Crippen molar-refractivity contribution in [2.75, 3.05) is 5.32 Å². The van der Waals surface area contributed by atoms with Crippen LogP contribution >= 0.6 is 56.5 Å². The molecule has 0 radical (unpaired) electrons. The molecular weight excluding hydrogens is 694 g/mol. The summed E-state index contributed by atoms with van der Waals surface area (Å²) in [7, 11) is 0. The van der Waals surface area contributed by atoms with Gasteiger partial charge in [-0.1, -0.05) is 48.5 Å². The van der Waals surface area contributed by atoms with Gasteiger partial charge in [0.2, 0.25) is 0 Å². The van der Waals surface area contributed by atoms with Gasteiger partial charge in [0.25, 0.3) is 5.91 Å². The van der Waals surface area contributed by atoms with Crippen molar-refractivity contribution < 1.29 is 9.53 Å². The molecule has 1 aliphatic carbocycles. The highest BCUT2D eigenvalue weighted by Gasteiger charge is 2.25. The Labute approximate surface area is 242 Å². The van der Waals surface area contributed by atoms with E-state index in [0.29, 0.717) is 12.2 Å². The molecule has 36 heavy (non-hydrogen) atoms. The number of para-hydroxylation sites is 1. The molecule has 0 spiro atoms. The maximum Gasteiger partial charge on any atom is 0.259 e. The summed E-state index contributed by atoms with van der Waals surface area (Å²) in [6, 6.07) is 23.9. The topological polar surface area (TPSA) is 50.7 Å². The molecular formula is C29H24I2N2O2S. The minimum atomic E-state index is -0.0921. The second-order valence-corrected chi connectivity index (χ2v) is 12.0. The highest BCUT2D eigenvalue weighted by molar-refractivity contribution is 14.1. The summed E-state index contributed by atoms with van der Waals surface area (Å²) in [5.74, 6) is 0.714. The largest absolute Gasteiger partial charge is 0.487 e. The number of aryl methyl sites for hydroxylation is 1. The van der Waals surface area contributed by atoms with Crippen LogP contribution in [0.5, 0.6) is 5.75 Å². The standard InChI is InChI=1S/C29H24I2N2O2S/c30-21-15-20(27(24(31)16-21)35-18-19-9-3-1-4-10-19)17-32-29-26(23-13-7-8-14-25(23)36-29)28(34)33-22-11-5-2-6-12-22/h1-6,9-12,15-17H,7-8,13-14,18H2,(H,33,34). The van der Waals surface area contributed by atoms with E-state index >= 15 is 0 Å². The predicted octanol–water partition coefficient (Wildman–Crippen LogP) is 8.42. The lowest BCUT2D eigenvalue weighted by atomic mass is 9.95. The first-order valence-corrected chi connectivity index (χ1v) is 14.8. The highest BCUT2D eigenvalue weighted by atomic mass is 127. The van der Waals surface area contributed by atoms with Gasteiger partial charge >= 0.3 is 0 Å². The van der Waals surface area contributed by atoms with E-state index in [-0.39, 0.29) is 5.91 Å². The van der Waals surface area contributed by atoms with Crippen LogP contribution in [-0.4, -0.2) is 12.1 Å². The number of fused-ring (bicyclic) bond motifs is 1. The molecule has 1 N–H and O–H groups in total. The van der Waals surface area contributed by atoms with Crippen LogP contribution in [0.4, 0.5) is 10.7 Å². The fourth-order valence-corrected chi connectivity index (χ4v) is 7.55. The first kappa shape index (κ1) is 25.4. The molecule has 182 valence electrons. The lowest BCUT2D eigenvalue weighted by molar-refractivity contribution is 0.102. The number of nitrogens with one attached hydrogen (secondary N) is 1. The van der Waals surface area contributed by atoms with Crippen molar-refractivity contribution in [1.29, 1.82) is 0 Å². The minimum Gasteiger partial charge on any atom is -0.487 e. The molecule has 0 aliphatic heterocycles. The number of hydrogen-bond donors (Lipinski definition) is 1. The zero-order chi connectivity index (χ0) is 24.9. The fourth-order valence-electron chi connectivity index (χ4n) is 4.28. The molecule has 0 fully saturated rings. The van der Waals surface area contributed by atoms with Gasteiger partial charge in [-0.3, -0.25) is 4.79 Å². The van der Waals surface area contributed by atoms with Crippen LogP contribution in [0, 0.1) is 7.14 Å². The van der Waals surface area contributed by atoms with Gasteiger partial charge in [0.15, 0.2) is 0 Å². The normalized spacial score (nSPS) is 12.9. The van der Waals surface area contributed by atoms with Crippen LogP contribution in [0.3, 0.4) is 0 Å². The summed E-state index contributed by atoms with van der Waals surface area (Å²) >= 11 is 6.27. The van der Waals surface area contributed by atoms with E-state index in [4.69, 9.17) is 9.73 Å². The Hall–Kier alpha value is -2.24. The maximum absolute atomic E-state index is 13.4. The Balaban J connectivity index is 1.47. The second-order valence-electron chi connectivity index (χ2n) is 8.55. The number of rotatable bonds is 7. The zero-order valence-electron chi connectivity index (χ0n) is 19.5. The number of anilines is 1. The van der Waals surface area contributed by atoms with Gasteiger partial charge in [-0.25, -0.2) is 4.99 Å². The number of ether oxygens (including phenoxy) is 1. The van der Waals surface area contributed by atoms with Crippen LogP contribution in [0.1, 0.15) is 44.8 Å². The number of hydrogen-bond acceptors (Lipinski definition) is 4. The lowest BCUT2D eigenvalue weighted by Crippen LogP contribution is -2.14. The monoisotopic (exact) mass is 718 g/mol. The van der Waals surface area contributed by atoms with Crippen molar-refractivity contribution in [2.24, 2.45) is 4.99 Å². The third-order valence-electron chi connectivity index (χ3n) is 6.00. The number of carbonyl (C=O) groups is 1. The van der Waals surface area contributed by atoms with Crippen LogP contribution in [0.25, 0.3) is 0 Å². The van der Waals surface area contributed by atoms with E-state index in [1.807, 2.05) is 54.7 Å². The number of aliphatic imine (C=N–C) groups is 1. The number of carbonyl (C=O) groups excluding carboxylic acids is 1. The molecule has 1 aliphatic rings. The Kier molecular flexibility index (Phi) is 8.38. The quantitative estimate of drug-likeness (QED) is 0.154. The third-order valence-corrected chi connectivity index (χ3v) is 8.62. The van der Waals surface area contributed by atoms with Crippen molar-refractivity contribution in [3.8, 4) is 5.75 Å². The van der Waals surface area contributed by atoms with Gasteiger partial charge in [-0.05, 0) is 106 Å². The molecule has 0 saturated heterocycles. The number of nitrogens with zero attached hydrogens (tertiary/aromatic N) is 1. The minimum absolute atomic E-state index is 0.0921. The Morgan fingerprint density at radius 3 is 2.50 bits per heavy atom. The van der Waals surface area contributed by atoms with Crippen LogP contribution in [-0.2, 0) is 19.4 Å². The fraction of sp³-hybridized carbons (Fsp3) is 0.172. The number of halogens is 2. The summed E-state index contributed by atoms with van der Waals surface area (Å²) in [6.45, 7) is 0.482. The van der Waals surface area contributed by atoms with Gasteiger partial charge < -0.3 is 10.1 Å². The summed E-state index contributed by atoms with van der Waals surface area (Å²) in [6.07, 6.45) is 6.04. The lowest BCUT2D eigenvalue weighted by Gasteiger charge is -2.13. The average Bonchev–Trinajstić information content (AvgIpc) is 3.26. The van der Waals surface area contributed by atoms with E-state index in [9.17, 15) is 4.79 Å². The molecule has 4 aromatic rings. The van der Waals surface area contributed by atoms with E-state index in [2.05, 4.69) is 74.8 Å². The van der Waals surface area contributed by atoms with Gasteiger partial charge in [0, 0.05) is 25.9 Å². The number of benzene rings is 3. The molecule has 1 aromatic heterocycles. The van der Waals surface area contributed by atoms with Crippen molar-refractivity contribution >= 4 is 79.3 Å². The molecule has 1 amide bonds. The van der Waals surface area contributed by atoms with Crippen molar-refractivity contribution in [3.63, 3.8) is 0 Å². The van der Waals surface area contributed by atoms with Crippen molar-refractivity contribution in [3.05, 3.63) is 107 Å². The summed E-state index contributed by atoms with van der Waals surface area (Å²) in [5.41, 5.74) is 4.67. The molecule has 0 saturated carbocycles. The Morgan fingerprint density at radius 2 is 1.72 bits per heavy atom. The summed E-state index contributed by atoms with van der Waals surface area (Å²) in [5, 5.41) is 3.83. The van der Waals surface area contributed by atoms with Crippen molar-refractivity contribution in [1.82, 2.24) is 0 Å². The molecule has 0 bridgehead atoms. The van der Waals surface area contributed by atoms with Gasteiger partial charge in [-0.2, -0.15) is 0 Å². The average molecular weight is 718 g/mol. The van der Waals surface area contributed by atoms with Crippen LogP contribution < -0.4 is 10.1 Å². The van der Waals surface area contributed by atoms with E-state index < -0.39 is 0 Å². The maximum atomic E-state index is 13.4. The van der Waals surface area contributed by atoms with Crippen LogP contribution in [0.15, 0.2) is 77.8 Å². The number of amides is 1. The Morgan fingerprint density at radius 1 is 1.00 bits per heavy atom. The van der Waals surface area contributed by atoms with Crippen LogP contribution in [0.2, 0.25) is 0 Å². The van der Waals surface area contributed by atoms with Crippen molar-refractivity contribution in [2.45, 2.75) is 32.3 Å². The molecule has 4 nitrogen and oxygen atoms in total. The highest BCUT2D eigenvalue weighted by Crippen LogP contribution is 2.40. The molecule has 7 heteroatoms. The smallest absolute Gasteiger partial charge is 0.259 e. The first-order chi connectivity index (χ1) is 17.6. The summed E-state index contributed by atoms with van der Waals surface area (Å²) < 4.78 is 8.40. The molecule has 5 rings (SSSR count). The second kappa shape index (κ2) is 11.9. The van der Waals surface area contributed by atoms with Gasteiger partial charge in [0.1, 0.15) is 17.4 Å². The Bertz CT molecular complexity index is 1400. The number of thiophene rings is 1. The molecule has 3 aromatic carbocycles. The third kappa shape index (κ3) is 6.00. The molecule has 1 heterocycles. The van der Waals surface area contributed by atoms with Gasteiger partial charge in [-0.15, -0.1) is 11.3 Å². The van der Waals surface area contributed by atoms with E-state index in [1.54, 1.807) is 11.3 Å².